The predicted molar refractivity (Wildman–Crippen MR) is 98.0 cm³/mol. The van der Waals surface area contributed by atoms with Crippen molar-refractivity contribution in [3.05, 3.63) is 53.7 Å². The van der Waals surface area contributed by atoms with Crippen molar-refractivity contribution >= 4 is 23.3 Å². The summed E-state index contributed by atoms with van der Waals surface area (Å²) < 4.78 is 0. The molecule has 3 rings (SSSR count). The van der Waals surface area contributed by atoms with E-state index in [1.807, 2.05) is 43.3 Å². The number of amides is 2. The van der Waals surface area contributed by atoms with Gasteiger partial charge in [-0.05, 0) is 36.6 Å². The zero-order valence-corrected chi connectivity index (χ0v) is 14.5. The van der Waals surface area contributed by atoms with Crippen LogP contribution in [-0.2, 0) is 11.2 Å². The maximum atomic E-state index is 12.6. The highest BCUT2D eigenvalue weighted by atomic mass is 16.2. The molecule has 0 aliphatic carbocycles. The van der Waals surface area contributed by atoms with Gasteiger partial charge in [-0.1, -0.05) is 18.2 Å². The number of pyridine rings is 1. The topological polar surface area (TPSA) is 65.5 Å². The summed E-state index contributed by atoms with van der Waals surface area (Å²) in [5.74, 6) is 0.329. The van der Waals surface area contributed by atoms with Gasteiger partial charge in [-0.2, -0.15) is 0 Å². The lowest BCUT2D eigenvalue weighted by molar-refractivity contribution is -0.117. The molecule has 0 radical (unpaired) electrons. The first-order valence-corrected chi connectivity index (χ1v) is 8.36. The molecule has 1 aliphatic rings. The van der Waals surface area contributed by atoms with Gasteiger partial charge >= 0.3 is 0 Å². The van der Waals surface area contributed by atoms with E-state index in [1.54, 1.807) is 23.2 Å². The number of hydrogen-bond donors (Lipinski definition) is 1. The highest BCUT2D eigenvalue weighted by Gasteiger charge is 2.22. The second-order valence-corrected chi connectivity index (χ2v) is 6.26. The van der Waals surface area contributed by atoms with Crippen LogP contribution in [0.15, 0.2) is 42.6 Å². The second-order valence-electron chi connectivity index (χ2n) is 6.26. The maximum Gasteiger partial charge on any atom is 0.251 e. The van der Waals surface area contributed by atoms with Gasteiger partial charge in [-0.15, -0.1) is 0 Å². The van der Waals surface area contributed by atoms with E-state index in [-0.39, 0.29) is 18.4 Å². The lowest BCUT2D eigenvalue weighted by Gasteiger charge is -2.29. The standard InChI is InChI=1S/C19H22N4O2/c1-22(2)17-12-15(9-10-20-17)19(25)21-13-18(24)23-11-5-7-14-6-3-4-8-16(14)23/h3-4,6,8-10,12H,5,7,11,13H2,1-2H3,(H,21,25). The Bertz CT molecular complexity index is 788. The minimum Gasteiger partial charge on any atom is -0.363 e. The van der Waals surface area contributed by atoms with E-state index in [0.717, 1.165) is 18.5 Å². The van der Waals surface area contributed by atoms with Crippen molar-refractivity contribution in [3.8, 4) is 0 Å². The van der Waals surface area contributed by atoms with Crippen molar-refractivity contribution in [2.45, 2.75) is 12.8 Å². The summed E-state index contributed by atoms with van der Waals surface area (Å²) in [5, 5.41) is 2.72. The molecule has 0 saturated heterocycles. The number of nitrogens with one attached hydrogen (secondary N) is 1. The van der Waals surface area contributed by atoms with Crippen molar-refractivity contribution in [1.82, 2.24) is 10.3 Å². The van der Waals surface area contributed by atoms with Crippen LogP contribution in [0.2, 0.25) is 0 Å². The number of para-hydroxylation sites is 1. The molecule has 0 fully saturated rings. The fraction of sp³-hybridized carbons (Fsp3) is 0.316. The van der Waals surface area contributed by atoms with E-state index < -0.39 is 0 Å². The Kier molecular flexibility index (Phi) is 4.97. The summed E-state index contributed by atoms with van der Waals surface area (Å²) >= 11 is 0. The minimum absolute atomic E-state index is 0.0210. The number of rotatable bonds is 4. The molecule has 1 N–H and O–H groups in total. The first-order valence-electron chi connectivity index (χ1n) is 8.36. The molecule has 130 valence electrons. The second kappa shape index (κ2) is 7.34. The number of aromatic nitrogens is 1. The maximum absolute atomic E-state index is 12.6. The van der Waals surface area contributed by atoms with Crippen LogP contribution in [0.1, 0.15) is 22.3 Å². The fourth-order valence-electron chi connectivity index (χ4n) is 2.95. The number of nitrogens with zero attached hydrogens (tertiary/aromatic N) is 3. The summed E-state index contributed by atoms with van der Waals surface area (Å²) in [6.45, 7) is 0.665. The Labute approximate surface area is 147 Å². The molecule has 2 aromatic rings. The lowest BCUT2D eigenvalue weighted by Crippen LogP contribution is -2.42. The zero-order valence-electron chi connectivity index (χ0n) is 14.5. The van der Waals surface area contributed by atoms with Crippen LogP contribution < -0.4 is 15.1 Å². The van der Waals surface area contributed by atoms with Gasteiger partial charge in [0.15, 0.2) is 0 Å². The van der Waals surface area contributed by atoms with Gasteiger partial charge in [0.05, 0.1) is 6.54 Å². The van der Waals surface area contributed by atoms with Crippen LogP contribution in [0.5, 0.6) is 0 Å². The third kappa shape index (κ3) is 3.79. The largest absolute Gasteiger partial charge is 0.363 e. The molecule has 0 unspecified atom stereocenters. The highest BCUT2D eigenvalue weighted by Crippen LogP contribution is 2.26. The van der Waals surface area contributed by atoms with Gasteiger partial charge in [0.25, 0.3) is 5.91 Å². The molecule has 6 nitrogen and oxygen atoms in total. The Morgan fingerprint density at radius 1 is 1.24 bits per heavy atom. The molecule has 1 aliphatic heterocycles. The molecule has 1 aromatic carbocycles. The molecule has 1 aromatic heterocycles. The first kappa shape index (κ1) is 17.0. The van der Waals surface area contributed by atoms with Crippen molar-refractivity contribution in [2.24, 2.45) is 0 Å². The zero-order chi connectivity index (χ0) is 17.8. The summed E-state index contributed by atoms with van der Waals surface area (Å²) in [4.78, 5) is 32.7. The lowest BCUT2D eigenvalue weighted by atomic mass is 10.0. The molecule has 2 amide bonds. The average molecular weight is 338 g/mol. The Morgan fingerprint density at radius 3 is 2.84 bits per heavy atom. The van der Waals surface area contributed by atoms with Crippen LogP contribution in [0.3, 0.4) is 0 Å². The van der Waals surface area contributed by atoms with E-state index in [0.29, 0.717) is 17.9 Å². The van der Waals surface area contributed by atoms with Crippen LogP contribution >= 0.6 is 0 Å². The fourth-order valence-corrected chi connectivity index (χ4v) is 2.95. The smallest absolute Gasteiger partial charge is 0.251 e. The van der Waals surface area contributed by atoms with E-state index >= 15 is 0 Å². The molecular formula is C19H22N4O2. The molecule has 25 heavy (non-hydrogen) atoms. The van der Waals surface area contributed by atoms with Gasteiger partial charge in [0, 0.05) is 38.1 Å². The Hall–Kier alpha value is -2.89. The van der Waals surface area contributed by atoms with Crippen LogP contribution in [0.4, 0.5) is 11.5 Å². The number of carbonyl (C=O) groups excluding carboxylic acids is 2. The minimum atomic E-state index is -0.274. The summed E-state index contributed by atoms with van der Waals surface area (Å²) in [6.07, 6.45) is 3.51. The third-order valence-electron chi connectivity index (χ3n) is 4.28. The Balaban J connectivity index is 1.65. The third-order valence-corrected chi connectivity index (χ3v) is 4.28. The molecule has 6 heteroatoms. The van der Waals surface area contributed by atoms with E-state index in [1.165, 1.54) is 5.56 Å². The van der Waals surface area contributed by atoms with Gasteiger partial charge in [-0.25, -0.2) is 4.98 Å². The van der Waals surface area contributed by atoms with E-state index in [2.05, 4.69) is 10.3 Å². The predicted octanol–water partition coefficient (Wildman–Crippen LogP) is 1.86. The molecule has 0 atom stereocenters. The monoisotopic (exact) mass is 338 g/mol. The Morgan fingerprint density at radius 2 is 2.04 bits per heavy atom. The number of benzene rings is 1. The first-order chi connectivity index (χ1) is 12.1. The van der Waals surface area contributed by atoms with Crippen molar-refractivity contribution in [3.63, 3.8) is 0 Å². The summed E-state index contributed by atoms with van der Waals surface area (Å²) in [7, 11) is 3.72. The van der Waals surface area contributed by atoms with Gasteiger partial charge in [0.1, 0.15) is 5.82 Å². The van der Waals surface area contributed by atoms with Crippen molar-refractivity contribution < 1.29 is 9.59 Å². The van der Waals surface area contributed by atoms with Crippen molar-refractivity contribution in [2.75, 3.05) is 37.0 Å². The number of carbonyl (C=O) groups is 2. The number of aryl methyl sites for hydroxylation is 1. The average Bonchev–Trinajstić information content (AvgIpc) is 2.65. The summed E-state index contributed by atoms with van der Waals surface area (Å²) in [6, 6.07) is 11.3. The van der Waals surface area contributed by atoms with Gasteiger partial charge in [-0.3, -0.25) is 9.59 Å². The molecule has 2 heterocycles. The van der Waals surface area contributed by atoms with Crippen LogP contribution in [0, 0.1) is 0 Å². The molecule has 0 spiro atoms. The van der Waals surface area contributed by atoms with Gasteiger partial charge < -0.3 is 15.1 Å². The SMILES string of the molecule is CN(C)c1cc(C(=O)NCC(=O)N2CCCc3ccccc32)ccn1. The molecular weight excluding hydrogens is 316 g/mol. The quantitative estimate of drug-likeness (QED) is 0.924. The van der Waals surface area contributed by atoms with E-state index in [4.69, 9.17) is 0 Å². The van der Waals surface area contributed by atoms with Crippen LogP contribution in [-0.4, -0.2) is 44.0 Å². The highest BCUT2D eigenvalue weighted by molar-refractivity contribution is 6.01. The van der Waals surface area contributed by atoms with E-state index in [9.17, 15) is 9.59 Å². The summed E-state index contributed by atoms with van der Waals surface area (Å²) in [5.41, 5.74) is 2.62. The number of fused-ring (bicyclic) bond motifs is 1. The van der Waals surface area contributed by atoms with Crippen LogP contribution in [0.25, 0.3) is 0 Å². The molecule has 0 saturated carbocycles. The number of anilines is 2. The van der Waals surface area contributed by atoms with Gasteiger partial charge in [0.2, 0.25) is 5.91 Å². The van der Waals surface area contributed by atoms with Crippen molar-refractivity contribution in [1.29, 1.82) is 0 Å². The number of hydrogen-bond acceptors (Lipinski definition) is 4. The normalized spacial score (nSPS) is 13.1. The molecule has 0 bridgehead atoms.